The summed E-state index contributed by atoms with van der Waals surface area (Å²) in [6.07, 6.45) is 1.29. The van der Waals surface area contributed by atoms with Crippen LogP contribution in [-0.2, 0) is 0 Å². The third-order valence-electron chi connectivity index (χ3n) is 3.22. The minimum atomic E-state index is 0.737. The van der Waals surface area contributed by atoms with Gasteiger partial charge in [-0.2, -0.15) is 0 Å². The van der Waals surface area contributed by atoms with Crippen molar-refractivity contribution in [3.8, 4) is 0 Å². The zero-order chi connectivity index (χ0) is 11.3. The molecule has 1 atom stereocenters. The minimum absolute atomic E-state index is 0.737. The summed E-state index contributed by atoms with van der Waals surface area (Å²) < 4.78 is 0. The quantitative estimate of drug-likeness (QED) is 0.731. The smallest absolute Gasteiger partial charge is 0.0244 e. The first kappa shape index (κ1) is 12.9. The second-order valence-electron chi connectivity index (χ2n) is 5.21. The summed E-state index contributed by atoms with van der Waals surface area (Å²) in [5.41, 5.74) is 0. The predicted octanol–water partition coefficient (Wildman–Crippen LogP) is 0.868. The van der Waals surface area contributed by atoms with E-state index in [0.717, 1.165) is 18.5 Å². The van der Waals surface area contributed by atoms with Gasteiger partial charge in [-0.15, -0.1) is 0 Å². The fourth-order valence-electron chi connectivity index (χ4n) is 2.29. The Hall–Kier alpha value is -0.120. The van der Waals surface area contributed by atoms with Crippen LogP contribution in [0.4, 0.5) is 0 Å². The Bertz CT molecular complexity index is 168. The number of hydrogen-bond acceptors (Lipinski definition) is 3. The molecule has 0 aromatic rings. The van der Waals surface area contributed by atoms with Crippen molar-refractivity contribution in [1.29, 1.82) is 0 Å². The molecule has 1 rings (SSSR count). The fraction of sp³-hybridized carbons (Fsp3) is 1.00. The van der Waals surface area contributed by atoms with E-state index in [1.807, 2.05) is 0 Å². The van der Waals surface area contributed by atoms with Crippen LogP contribution in [0.25, 0.3) is 0 Å². The van der Waals surface area contributed by atoms with Gasteiger partial charge >= 0.3 is 0 Å². The highest BCUT2D eigenvalue weighted by atomic mass is 15.2. The summed E-state index contributed by atoms with van der Waals surface area (Å²) in [5.74, 6) is 0.761. The number of piperazine rings is 1. The van der Waals surface area contributed by atoms with E-state index in [0.29, 0.717) is 0 Å². The van der Waals surface area contributed by atoms with Crippen LogP contribution in [0.2, 0.25) is 0 Å². The Kier molecular flexibility index (Phi) is 5.58. The molecule has 0 radical (unpaired) electrons. The van der Waals surface area contributed by atoms with Crippen LogP contribution < -0.4 is 5.32 Å². The molecule has 0 bridgehead atoms. The minimum Gasteiger partial charge on any atom is -0.314 e. The highest BCUT2D eigenvalue weighted by Gasteiger charge is 2.23. The molecule has 1 N–H and O–H groups in total. The summed E-state index contributed by atoms with van der Waals surface area (Å²) >= 11 is 0. The molecule has 0 spiro atoms. The summed E-state index contributed by atoms with van der Waals surface area (Å²) in [7, 11) is 4.30. The molecule has 15 heavy (non-hydrogen) atoms. The SMILES string of the molecule is CC(C)C1CNCCN1CCCN(C)C. The Morgan fingerprint density at radius 3 is 2.73 bits per heavy atom. The van der Waals surface area contributed by atoms with Crippen LogP contribution in [-0.4, -0.2) is 62.7 Å². The molecule has 3 heteroatoms. The molecular weight excluding hydrogens is 186 g/mol. The molecule has 1 fully saturated rings. The van der Waals surface area contributed by atoms with Crippen LogP contribution in [0.15, 0.2) is 0 Å². The molecular formula is C12H27N3. The normalized spacial score (nSPS) is 24.0. The number of rotatable bonds is 5. The summed E-state index contributed by atoms with van der Waals surface area (Å²) in [4.78, 5) is 4.93. The lowest BCUT2D eigenvalue weighted by Crippen LogP contribution is -2.53. The highest BCUT2D eigenvalue weighted by molar-refractivity contribution is 4.81. The topological polar surface area (TPSA) is 18.5 Å². The maximum atomic E-state index is 3.49. The molecule has 1 saturated heterocycles. The highest BCUT2D eigenvalue weighted by Crippen LogP contribution is 2.12. The van der Waals surface area contributed by atoms with Crippen molar-refractivity contribution in [2.75, 3.05) is 46.8 Å². The van der Waals surface area contributed by atoms with E-state index in [1.54, 1.807) is 0 Å². The van der Waals surface area contributed by atoms with Gasteiger partial charge in [0.1, 0.15) is 0 Å². The van der Waals surface area contributed by atoms with E-state index >= 15 is 0 Å². The molecule has 1 heterocycles. The van der Waals surface area contributed by atoms with Gasteiger partial charge in [0.25, 0.3) is 0 Å². The van der Waals surface area contributed by atoms with Gasteiger partial charge < -0.3 is 10.2 Å². The number of nitrogens with one attached hydrogen (secondary N) is 1. The molecule has 0 saturated carbocycles. The lowest BCUT2D eigenvalue weighted by Gasteiger charge is -2.38. The van der Waals surface area contributed by atoms with Gasteiger partial charge in [-0.3, -0.25) is 4.90 Å². The Labute approximate surface area is 94.8 Å². The maximum Gasteiger partial charge on any atom is 0.0244 e. The van der Waals surface area contributed by atoms with Gasteiger partial charge in [-0.1, -0.05) is 13.8 Å². The first-order chi connectivity index (χ1) is 7.11. The molecule has 1 aliphatic heterocycles. The van der Waals surface area contributed by atoms with Gasteiger partial charge in [0.15, 0.2) is 0 Å². The monoisotopic (exact) mass is 213 g/mol. The fourth-order valence-corrected chi connectivity index (χ4v) is 2.29. The summed E-state index contributed by atoms with van der Waals surface area (Å²) in [6.45, 7) is 10.7. The van der Waals surface area contributed by atoms with Crippen molar-refractivity contribution in [2.45, 2.75) is 26.3 Å². The van der Waals surface area contributed by atoms with Crippen molar-refractivity contribution in [3.63, 3.8) is 0 Å². The average molecular weight is 213 g/mol. The van der Waals surface area contributed by atoms with Gasteiger partial charge in [-0.25, -0.2) is 0 Å². The van der Waals surface area contributed by atoms with Gasteiger partial charge in [0.05, 0.1) is 0 Å². The molecule has 1 unspecified atom stereocenters. The van der Waals surface area contributed by atoms with Crippen LogP contribution >= 0.6 is 0 Å². The second kappa shape index (κ2) is 6.46. The Balaban J connectivity index is 2.29. The van der Waals surface area contributed by atoms with Gasteiger partial charge in [-0.05, 0) is 39.5 Å². The zero-order valence-corrected chi connectivity index (χ0v) is 10.8. The van der Waals surface area contributed by atoms with Crippen LogP contribution in [0.1, 0.15) is 20.3 Å². The van der Waals surface area contributed by atoms with E-state index in [-0.39, 0.29) is 0 Å². The average Bonchev–Trinajstić information content (AvgIpc) is 2.17. The van der Waals surface area contributed by atoms with Crippen molar-refractivity contribution >= 4 is 0 Å². The van der Waals surface area contributed by atoms with Crippen molar-refractivity contribution in [1.82, 2.24) is 15.1 Å². The molecule has 0 aromatic carbocycles. The molecule has 0 aliphatic carbocycles. The van der Waals surface area contributed by atoms with E-state index < -0.39 is 0 Å². The Morgan fingerprint density at radius 2 is 2.13 bits per heavy atom. The second-order valence-corrected chi connectivity index (χ2v) is 5.21. The molecule has 0 aromatic heterocycles. The van der Waals surface area contributed by atoms with E-state index in [2.05, 4.69) is 43.1 Å². The zero-order valence-electron chi connectivity index (χ0n) is 10.8. The standard InChI is InChI=1S/C12H27N3/c1-11(2)12-10-13-6-9-15(12)8-5-7-14(3)4/h11-13H,5-10H2,1-4H3. The molecule has 3 nitrogen and oxygen atoms in total. The van der Waals surface area contributed by atoms with Crippen LogP contribution in [0.3, 0.4) is 0 Å². The predicted molar refractivity (Wildman–Crippen MR) is 66.2 cm³/mol. The number of hydrogen-bond donors (Lipinski definition) is 1. The summed E-state index contributed by atoms with van der Waals surface area (Å²) in [6, 6.07) is 0.737. The van der Waals surface area contributed by atoms with Gasteiger partial charge in [0.2, 0.25) is 0 Å². The maximum absolute atomic E-state index is 3.49. The first-order valence-corrected chi connectivity index (χ1v) is 6.20. The van der Waals surface area contributed by atoms with E-state index in [1.165, 1.54) is 32.6 Å². The van der Waals surface area contributed by atoms with E-state index in [9.17, 15) is 0 Å². The van der Waals surface area contributed by atoms with Crippen molar-refractivity contribution in [3.05, 3.63) is 0 Å². The lowest BCUT2D eigenvalue weighted by molar-refractivity contribution is 0.120. The van der Waals surface area contributed by atoms with Crippen molar-refractivity contribution in [2.24, 2.45) is 5.92 Å². The van der Waals surface area contributed by atoms with Crippen LogP contribution in [0, 0.1) is 5.92 Å². The molecule has 90 valence electrons. The lowest BCUT2D eigenvalue weighted by atomic mass is 10.0. The number of nitrogens with zero attached hydrogens (tertiary/aromatic N) is 2. The third kappa shape index (κ3) is 4.49. The van der Waals surface area contributed by atoms with E-state index in [4.69, 9.17) is 0 Å². The Morgan fingerprint density at radius 1 is 1.40 bits per heavy atom. The van der Waals surface area contributed by atoms with Crippen molar-refractivity contribution < 1.29 is 0 Å². The first-order valence-electron chi connectivity index (χ1n) is 6.20. The van der Waals surface area contributed by atoms with Gasteiger partial charge in [0, 0.05) is 25.7 Å². The molecule has 0 amide bonds. The largest absolute Gasteiger partial charge is 0.314 e. The molecule has 1 aliphatic rings. The summed E-state index contributed by atoms with van der Waals surface area (Å²) in [5, 5.41) is 3.49. The third-order valence-corrected chi connectivity index (χ3v) is 3.22. The van der Waals surface area contributed by atoms with Crippen LogP contribution in [0.5, 0.6) is 0 Å².